The van der Waals surface area contributed by atoms with E-state index in [1.165, 1.54) is 19.3 Å². The van der Waals surface area contributed by atoms with Gasteiger partial charge in [-0.25, -0.2) is 15.2 Å². The highest BCUT2D eigenvalue weighted by Gasteiger charge is 2.35. The van der Waals surface area contributed by atoms with Gasteiger partial charge in [-0.2, -0.15) is 4.98 Å². The molecule has 3 heterocycles. The standard InChI is InChI=1S/C12H19FN6/c13-8-7-15-12(18-14)17-11(8)16-9-4-6-19-5-2-1-3-10(9)19/h7,9-10H,1-6,14H2,(H2,15,16,17,18). The van der Waals surface area contributed by atoms with E-state index in [0.717, 1.165) is 25.7 Å². The number of nitrogens with zero attached hydrogens (tertiary/aromatic N) is 3. The van der Waals surface area contributed by atoms with Gasteiger partial charge in [0.05, 0.1) is 6.20 Å². The molecule has 6 nitrogen and oxygen atoms in total. The van der Waals surface area contributed by atoms with Gasteiger partial charge in [-0.15, -0.1) is 0 Å². The molecule has 0 aromatic carbocycles. The molecule has 2 saturated heterocycles. The molecule has 2 unspecified atom stereocenters. The third kappa shape index (κ3) is 2.48. The Morgan fingerprint density at radius 3 is 3.05 bits per heavy atom. The van der Waals surface area contributed by atoms with Crippen LogP contribution in [0.1, 0.15) is 25.7 Å². The number of anilines is 2. The van der Waals surface area contributed by atoms with E-state index >= 15 is 0 Å². The second-order valence-corrected chi connectivity index (χ2v) is 5.17. The van der Waals surface area contributed by atoms with Gasteiger partial charge in [0.15, 0.2) is 11.6 Å². The van der Waals surface area contributed by atoms with Gasteiger partial charge in [-0.05, 0) is 25.8 Å². The largest absolute Gasteiger partial charge is 0.363 e. The number of nitrogens with one attached hydrogen (secondary N) is 2. The third-order valence-corrected chi connectivity index (χ3v) is 4.05. The summed E-state index contributed by atoms with van der Waals surface area (Å²) < 4.78 is 13.7. The van der Waals surface area contributed by atoms with Crippen LogP contribution in [0.25, 0.3) is 0 Å². The lowest BCUT2D eigenvalue weighted by atomic mass is 9.99. The maximum Gasteiger partial charge on any atom is 0.239 e. The number of rotatable bonds is 3. The minimum atomic E-state index is -0.437. The molecule has 0 radical (unpaired) electrons. The van der Waals surface area contributed by atoms with Crippen molar-refractivity contribution in [3.8, 4) is 0 Å². The van der Waals surface area contributed by atoms with E-state index in [2.05, 4.69) is 25.6 Å². The summed E-state index contributed by atoms with van der Waals surface area (Å²) >= 11 is 0. The van der Waals surface area contributed by atoms with E-state index in [4.69, 9.17) is 5.84 Å². The summed E-state index contributed by atoms with van der Waals surface area (Å²) in [6.07, 6.45) is 5.86. The summed E-state index contributed by atoms with van der Waals surface area (Å²) in [7, 11) is 0. The molecular weight excluding hydrogens is 247 g/mol. The van der Waals surface area contributed by atoms with Crippen molar-refractivity contribution in [3.63, 3.8) is 0 Å². The van der Waals surface area contributed by atoms with Crippen molar-refractivity contribution < 1.29 is 4.39 Å². The lowest BCUT2D eigenvalue weighted by Crippen LogP contribution is -2.42. The van der Waals surface area contributed by atoms with E-state index in [-0.39, 0.29) is 17.8 Å². The maximum absolute atomic E-state index is 13.7. The number of hydrogen-bond donors (Lipinski definition) is 3. The molecule has 104 valence electrons. The zero-order valence-electron chi connectivity index (χ0n) is 10.8. The number of fused-ring (bicyclic) bond motifs is 1. The van der Waals surface area contributed by atoms with E-state index in [9.17, 15) is 4.39 Å². The lowest BCUT2D eigenvalue weighted by Gasteiger charge is -2.32. The zero-order chi connectivity index (χ0) is 13.2. The zero-order valence-corrected chi connectivity index (χ0v) is 10.8. The number of nitrogens with two attached hydrogens (primary N) is 1. The Kier molecular flexibility index (Phi) is 3.48. The number of halogens is 1. The fraction of sp³-hybridized carbons (Fsp3) is 0.667. The first-order valence-electron chi connectivity index (χ1n) is 6.77. The highest BCUT2D eigenvalue weighted by Crippen LogP contribution is 2.29. The molecule has 2 atom stereocenters. The monoisotopic (exact) mass is 266 g/mol. The van der Waals surface area contributed by atoms with E-state index in [1.54, 1.807) is 0 Å². The van der Waals surface area contributed by atoms with E-state index in [0.29, 0.717) is 6.04 Å². The SMILES string of the molecule is NNc1ncc(F)c(NC2CCN3CCCCC23)n1. The summed E-state index contributed by atoms with van der Waals surface area (Å²) in [6, 6.07) is 0.757. The van der Waals surface area contributed by atoms with Gasteiger partial charge in [0.25, 0.3) is 0 Å². The Balaban J connectivity index is 1.74. The molecule has 0 bridgehead atoms. The lowest BCUT2D eigenvalue weighted by molar-refractivity contribution is 0.192. The van der Waals surface area contributed by atoms with Crippen LogP contribution >= 0.6 is 0 Å². The molecule has 4 N–H and O–H groups in total. The van der Waals surface area contributed by atoms with Gasteiger partial charge in [-0.3, -0.25) is 10.3 Å². The van der Waals surface area contributed by atoms with Crippen molar-refractivity contribution in [2.45, 2.75) is 37.8 Å². The number of aromatic nitrogens is 2. The first-order valence-corrected chi connectivity index (χ1v) is 6.77. The Bertz CT molecular complexity index is 454. The molecule has 0 spiro atoms. The minimum Gasteiger partial charge on any atom is -0.363 e. The summed E-state index contributed by atoms with van der Waals surface area (Å²) in [5.74, 6) is 5.27. The van der Waals surface area contributed by atoms with Gasteiger partial charge in [0.2, 0.25) is 5.95 Å². The maximum atomic E-state index is 13.7. The molecule has 7 heteroatoms. The van der Waals surface area contributed by atoms with Crippen molar-refractivity contribution in [2.24, 2.45) is 5.84 Å². The van der Waals surface area contributed by atoms with Crippen molar-refractivity contribution in [2.75, 3.05) is 23.8 Å². The van der Waals surface area contributed by atoms with Crippen LogP contribution < -0.4 is 16.6 Å². The summed E-state index contributed by atoms with van der Waals surface area (Å²) in [4.78, 5) is 10.3. The summed E-state index contributed by atoms with van der Waals surface area (Å²) in [5.41, 5.74) is 2.34. The molecular formula is C12H19FN6. The topological polar surface area (TPSA) is 79.1 Å². The molecule has 0 amide bonds. The van der Waals surface area contributed by atoms with Gasteiger partial charge in [0.1, 0.15) is 0 Å². The van der Waals surface area contributed by atoms with Gasteiger partial charge >= 0.3 is 0 Å². The van der Waals surface area contributed by atoms with Crippen LogP contribution in [0.5, 0.6) is 0 Å². The first-order chi connectivity index (χ1) is 9.28. The predicted octanol–water partition coefficient (Wildman–Crippen LogP) is 0.940. The Morgan fingerprint density at radius 2 is 2.21 bits per heavy atom. The third-order valence-electron chi connectivity index (χ3n) is 4.05. The Labute approximate surface area is 111 Å². The van der Waals surface area contributed by atoms with Crippen LogP contribution in [-0.4, -0.2) is 40.0 Å². The van der Waals surface area contributed by atoms with Crippen molar-refractivity contribution in [3.05, 3.63) is 12.0 Å². The van der Waals surface area contributed by atoms with Crippen LogP contribution in [0.3, 0.4) is 0 Å². The molecule has 0 aliphatic carbocycles. The van der Waals surface area contributed by atoms with Crippen LogP contribution in [0.15, 0.2) is 6.20 Å². The van der Waals surface area contributed by atoms with Crippen molar-refractivity contribution in [1.82, 2.24) is 14.9 Å². The summed E-state index contributed by atoms with van der Waals surface area (Å²) in [6.45, 7) is 2.24. The molecule has 0 saturated carbocycles. The minimum absolute atomic E-state index is 0.224. The molecule has 2 aliphatic heterocycles. The highest BCUT2D eigenvalue weighted by atomic mass is 19.1. The number of nitrogen functional groups attached to an aromatic ring is 1. The van der Waals surface area contributed by atoms with Crippen LogP contribution in [-0.2, 0) is 0 Å². The molecule has 19 heavy (non-hydrogen) atoms. The summed E-state index contributed by atoms with van der Waals surface area (Å²) in [5, 5.41) is 3.22. The molecule has 2 aliphatic rings. The Morgan fingerprint density at radius 1 is 1.32 bits per heavy atom. The van der Waals surface area contributed by atoms with Gasteiger partial charge < -0.3 is 5.32 Å². The fourth-order valence-electron chi connectivity index (χ4n) is 3.13. The fourth-order valence-corrected chi connectivity index (χ4v) is 3.13. The van der Waals surface area contributed by atoms with Crippen molar-refractivity contribution >= 4 is 11.8 Å². The average molecular weight is 266 g/mol. The van der Waals surface area contributed by atoms with Crippen LogP contribution in [0.4, 0.5) is 16.2 Å². The number of piperidine rings is 1. The van der Waals surface area contributed by atoms with E-state index < -0.39 is 5.82 Å². The highest BCUT2D eigenvalue weighted by molar-refractivity contribution is 5.42. The molecule has 1 aromatic rings. The second kappa shape index (κ2) is 5.26. The Hall–Kier alpha value is -1.47. The van der Waals surface area contributed by atoms with Crippen molar-refractivity contribution in [1.29, 1.82) is 0 Å². The van der Waals surface area contributed by atoms with Crippen LogP contribution in [0, 0.1) is 5.82 Å². The second-order valence-electron chi connectivity index (χ2n) is 5.17. The van der Waals surface area contributed by atoms with Crippen LogP contribution in [0.2, 0.25) is 0 Å². The first kappa shape index (κ1) is 12.6. The molecule has 1 aromatic heterocycles. The molecule has 3 rings (SSSR count). The smallest absolute Gasteiger partial charge is 0.239 e. The van der Waals surface area contributed by atoms with E-state index in [1.807, 2.05) is 0 Å². The quantitative estimate of drug-likeness (QED) is 0.558. The molecule has 2 fully saturated rings. The number of hydrazine groups is 1. The predicted molar refractivity (Wildman–Crippen MR) is 71.0 cm³/mol. The normalized spacial score (nSPS) is 27.1. The van der Waals surface area contributed by atoms with Gasteiger partial charge in [0, 0.05) is 18.6 Å². The average Bonchev–Trinajstić information content (AvgIpc) is 2.85. The number of hydrogen-bond acceptors (Lipinski definition) is 6. The van der Waals surface area contributed by atoms with Gasteiger partial charge in [-0.1, -0.05) is 6.42 Å².